The summed E-state index contributed by atoms with van der Waals surface area (Å²) in [7, 11) is 3.70. The fraction of sp³-hybridized carbons (Fsp3) is 0.273. The first-order valence-electron chi connectivity index (χ1n) is 9.37. The van der Waals surface area contributed by atoms with Crippen LogP contribution in [0.2, 0.25) is 0 Å². The molecule has 0 aliphatic rings. The number of fused-ring (bicyclic) bond motifs is 1. The number of aromatic nitrogens is 1. The van der Waals surface area contributed by atoms with Gasteiger partial charge in [0.05, 0.1) is 6.26 Å². The Labute approximate surface area is 164 Å². The van der Waals surface area contributed by atoms with Gasteiger partial charge in [0, 0.05) is 43.3 Å². The predicted octanol–water partition coefficient (Wildman–Crippen LogP) is 3.80. The van der Waals surface area contributed by atoms with Crippen molar-refractivity contribution >= 4 is 28.8 Å². The molecule has 146 valence electrons. The van der Waals surface area contributed by atoms with E-state index in [0.29, 0.717) is 6.54 Å². The van der Waals surface area contributed by atoms with Gasteiger partial charge in [-0.1, -0.05) is 31.5 Å². The Morgan fingerprint density at radius 3 is 2.71 bits per heavy atom. The van der Waals surface area contributed by atoms with Gasteiger partial charge < -0.3 is 19.2 Å². The summed E-state index contributed by atoms with van der Waals surface area (Å²) in [5.74, 6) is -0.525. The molecule has 0 radical (unpaired) electrons. The van der Waals surface area contributed by atoms with E-state index < -0.39 is 5.91 Å². The highest BCUT2D eigenvalue weighted by Gasteiger charge is 2.20. The number of carbonyl (C=O) groups is 2. The topological polar surface area (TPSA) is 67.5 Å². The van der Waals surface area contributed by atoms with Gasteiger partial charge in [0.1, 0.15) is 5.70 Å². The third-order valence-electron chi connectivity index (χ3n) is 4.64. The summed E-state index contributed by atoms with van der Waals surface area (Å²) in [6.07, 6.45) is 6.99. The minimum absolute atomic E-state index is 0.160. The number of amides is 2. The molecule has 1 N–H and O–H groups in total. The van der Waals surface area contributed by atoms with Crippen LogP contribution in [0.25, 0.3) is 17.0 Å². The minimum atomic E-state index is -0.450. The molecule has 1 aromatic carbocycles. The highest BCUT2D eigenvalue weighted by Crippen LogP contribution is 2.22. The first-order chi connectivity index (χ1) is 13.5. The van der Waals surface area contributed by atoms with Gasteiger partial charge in [-0.2, -0.15) is 0 Å². The van der Waals surface area contributed by atoms with Crippen LogP contribution in [0.5, 0.6) is 0 Å². The lowest BCUT2D eigenvalue weighted by Crippen LogP contribution is -2.36. The second-order valence-corrected chi connectivity index (χ2v) is 6.78. The number of furan rings is 1. The third kappa shape index (κ3) is 4.17. The van der Waals surface area contributed by atoms with Crippen LogP contribution in [0.1, 0.15) is 35.9 Å². The van der Waals surface area contributed by atoms with E-state index in [4.69, 9.17) is 4.42 Å². The Balaban J connectivity index is 1.98. The molecule has 0 fully saturated rings. The summed E-state index contributed by atoms with van der Waals surface area (Å²) in [6, 6.07) is 11.1. The molecule has 0 saturated carbocycles. The predicted molar refractivity (Wildman–Crippen MR) is 110 cm³/mol. The number of unbranched alkanes of at least 4 members (excludes halogenated alkanes) is 1. The van der Waals surface area contributed by atoms with Gasteiger partial charge in [-0.25, -0.2) is 0 Å². The molecule has 0 atom stereocenters. The van der Waals surface area contributed by atoms with Crippen molar-refractivity contribution in [1.29, 1.82) is 0 Å². The maximum absolute atomic E-state index is 13.0. The SMILES string of the molecule is CCCCN(C)C(=O)/C(=C/c1cn(C)c2ccccc12)NC(=O)c1ccco1. The molecule has 3 aromatic rings. The molecule has 0 bridgehead atoms. The number of benzene rings is 1. The van der Waals surface area contributed by atoms with Crippen LogP contribution < -0.4 is 5.32 Å². The molecule has 0 spiro atoms. The zero-order chi connectivity index (χ0) is 20.1. The molecule has 28 heavy (non-hydrogen) atoms. The Morgan fingerprint density at radius 2 is 2.00 bits per heavy atom. The van der Waals surface area contributed by atoms with Crippen molar-refractivity contribution in [3.05, 3.63) is 65.9 Å². The number of aryl methyl sites for hydroxylation is 1. The van der Waals surface area contributed by atoms with Crippen molar-refractivity contribution in [1.82, 2.24) is 14.8 Å². The van der Waals surface area contributed by atoms with E-state index >= 15 is 0 Å². The lowest BCUT2D eigenvalue weighted by atomic mass is 10.1. The van der Waals surface area contributed by atoms with E-state index in [1.54, 1.807) is 30.2 Å². The molecule has 2 heterocycles. The number of hydrogen-bond donors (Lipinski definition) is 1. The van der Waals surface area contributed by atoms with Gasteiger partial charge >= 0.3 is 0 Å². The summed E-state index contributed by atoms with van der Waals surface area (Å²) in [5, 5.41) is 3.74. The van der Waals surface area contributed by atoms with E-state index in [2.05, 4.69) is 12.2 Å². The van der Waals surface area contributed by atoms with Crippen molar-refractivity contribution < 1.29 is 14.0 Å². The van der Waals surface area contributed by atoms with Crippen molar-refractivity contribution in [3.8, 4) is 0 Å². The molecule has 2 amide bonds. The molecule has 6 heteroatoms. The van der Waals surface area contributed by atoms with Crippen LogP contribution in [0.4, 0.5) is 0 Å². The smallest absolute Gasteiger partial charge is 0.291 e. The van der Waals surface area contributed by atoms with Gasteiger partial charge in [0.25, 0.3) is 11.8 Å². The van der Waals surface area contributed by atoms with Gasteiger partial charge in [0.2, 0.25) is 0 Å². The van der Waals surface area contributed by atoms with E-state index in [0.717, 1.165) is 29.3 Å². The van der Waals surface area contributed by atoms with Gasteiger partial charge in [-0.3, -0.25) is 9.59 Å². The Morgan fingerprint density at radius 1 is 1.21 bits per heavy atom. The van der Waals surface area contributed by atoms with Crippen LogP contribution in [-0.2, 0) is 11.8 Å². The largest absolute Gasteiger partial charge is 0.459 e. The van der Waals surface area contributed by atoms with E-state index in [-0.39, 0.29) is 17.4 Å². The van der Waals surface area contributed by atoms with Gasteiger partial charge in [-0.05, 0) is 30.7 Å². The molecular weight excluding hydrogens is 354 g/mol. The molecule has 0 saturated heterocycles. The molecule has 6 nitrogen and oxygen atoms in total. The number of carbonyl (C=O) groups excluding carboxylic acids is 2. The molecule has 0 aliphatic carbocycles. The van der Waals surface area contributed by atoms with Crippen LogP contribution >= 0.6 is 0 Å². The number of para-hydroxylation sites is 1. The Kier molecular flexibility index (Phi) is 5.99. The van der Waals surface area contributed by atoms with Crippen molar-refractivity contribution in [2.75, 3.05) is 13.6 Å². The standard InChI is InChI=1S/C22H25N3O3/c1-4-5-12-24(2)22(27)18(23-21(26)20-11-8-13-28-20)14-16-15-25(3)19-10-7-6-9-17(16)19/h6-11,13-15H,4-5,12H2,1-3H3,(H,23,26)/b18-14-. The second kappa shape index (κ2) is 8.61. The zero-order valence-electron chi connectivity index (χ0n) is 16.4. The lowest BCUT2D eigenvalue weighted by Gasteiger charge is -2.19. The van der Waals surface area contributed by atoms with Crippen LogP contribution in [0.15, 0.2) is 59.0 Å². The Bertz CT molecular complexity index is 999. The van der Waals surface area contributed by atoms with Crippen molar-refractivity contribution in [3.63, 3.8) is 0 Å². The highest BCUT2D eigenvalue weighted by atomic mass is 16.3. The average molecular weight is 379 g/mol. The molecular formula is C22H25N3O3. The summed E-state index contributed by atoms with van der Waals surface area (Å²) >= 11 is 0. The molecule has 0 aliphatic heterocycles. The van der Waals surface area contributed by atoms with Crippen molar-refractivity contribution in [2.45, 2.75) is 19.8 Å². The number of nitrogens with zero attached hydrogens (tertiary/aromatic N) is 2. The normalized spacial score (nSPS) is 11.6. The zero-order valence-corrected chi connectivity index (χ0v) is 16.4. The van der Waals surface area contributed by atoms with E-state index in [1.165, 1.54) is 6.26 Å². The van der Waals surface area contributed by atoms with Crippen LogP contribution in [0, 0.1) is 0 Å². The summed E-state index contributed by atoms with van der Waals surface area (Å²) in [5.41, 5.74) is 2.14. The maximum atomic E-state index is 13.0. The number of rotatable bonds is 7. The first kappa shape index (κ1) is 19.5. The highest BCUT2D eigenvalue weighted by molar-refractivity contribution is 6.05. The number of nitrogens with one attached hydrogen (secondary N) is 1. The second-order valence-electron chi connectivity index (χ2n) is 6.78. The van der Waals surface area contributed by atoms with Crippen LogP contribution in [-0.4, -0.2) is 34.9 Å². The van der Waals surface area contributed by atoms with Crippen molar-refractivity contribution in [2.24, 2.45) is 7.05 Å². The van der Waals surface area contributed by atoms with Gasteiger partial charge in [-0.15, -0.1) is 0 Å². The quantitative estimate of drug-likeness (QED) is 0.635. The first-order valence-corrected chi connectivity index (χ1v) is 9.37. The fourth-order valence-corrected chi connectivity index (χ4v) is 3.09. The van der Waals surface area contributed by atoms with Gasteiger partial charge in [0.15, 0.2) is 5.76 Å². The maximum Gasteiger partial charge on any atom is 0.291 e. The van der Waals surface area contributed by atoms with E-state index in [1.807, 2.05) is 42.1 Å². The fourth-order valence-electron chi connectivity index (χ4n) is 3.09. The summed E-state index contributed by atoms with van der Waals surface area (Å²) < 4.78 is 7.16. The Hall–Kier alpha value is -3.28. The summed E-state index contributed by atoms with van der Waals surface area (Å²) in [4.78, 5) is 27.1. The van der Waals surface area contributed by atoms with Crippen LogP contribution in [0.3, 0.4) is 0 Å². The number of likely N-dealkylation sites (N-methyl/N-ethyl adjacent to an activating group) is 1. The summed E-state index contributed by atoms with van der Waals surface area (Å²) in [6.45, 7) is 2.70. The number of hydrogen-bond acceptors (Lipinski definition) is 3. The third-order valence-corrected chi connectivity index (χ3v) is 4.64. The monoisotopic (exact) mass is 379 g/mol. The minimum Gasteiger partial charge on any atom is -0.459 e. The van der Waals surface area contributed by atoms with E-state index in [9.17, 15) is 9.59 Å². The average Bonchev–Trinajstić information content (AvgIpc) is 3.34. The molecule has 3 rings (SSSR count). The molecule has 0 unspecified atom stereocenters. The molecule has 2 aromatic heterocycles. The lowest BCUT2D eigenvalue weighted by molar-refractivity contribution is -0.126.